The second-order valence-corrected chi connectivity index (χ2v) is 8.32. The van der Waals surface area contributed by atoms with Gasteiger partial charge in [-0.2, -0.15) is 0 Å². The zero-order chi connectivity index (χ0) is 26.5. The molecule has 0 aliphatic rings. The van der Waals surface area contributed by atoms with Crippen molar-refractivity contribution < 1.29 is 34.2 Å². The van der Waals surface area contributed by atoms with Crippen LogP contribution in [0.3, 0.4) is 0 Å². The number of carbonyl (C=O) groups excluding carboxylic acids is 4. The third-order valence-electron chi connectivity index (χ3n) is 5.54. The molecule has 1 aromatic carbocycles. The number of aliphatic hydroxyl groups is 1. The molecule has 0 radical (unpaired) electrons. The Morgan fingerprint density at radius 1 is 0.943 bits per heavy atom. The minimum atomic E-state index is -1.39. The molecular formula is C23H35N5O7. The number of aliphatic hydroxyl groups excluding tert-OH is 1. The van der Waals surface area contributed by atoms with E-state index < -0.39 is 66.3 Å². The maximum Gasteiger partial charge on any atom is 0.326 e. The van der Waals surface area contributed by atoms with Crippen molar-refractivity contribution in [1.82, 2.24) is 16.0 Å². The third-order valence-corrected chi connectivity index (χ3v) is 5.54. The molecule has 12 heteroatoms. The molecule has 5 atom stereocenters. The topological polar surface area (TPSA) is 214 Å². The fourth-order valence-electron chi connectivity index (χ4n) is 3.19. The van der Waals surface area contributed by atoms with Gasteiger partial charge in [-0.1, -0.05) is 50.6 Å². The largest absolute Gasteiger partial charge is 0.480 e. The lowest BCUT2D eigenvalue weighted by Gasteiger charge is -2.27. The quantitative estimate of drug-likeness (QED) is 0.151. The number of amides is 4. The van der Waals surface area contributed by atoms with Crippen LogP contribution in [-0.4, -0.2) is 70.6 Å². The lowest BCUT2D eigenvalue weighted by atomic mass is 9.97. The SMILES string of the molecule is CCC(C)C(NC(=O)C(CO)NC(=O)C(N)Cc1ccccc1)C(=O)NC(CCC(N)=O)C(=O)O. The molecule has 0 fully saturated rings. The molecule has 194 valence electrons. The predicted molar refractivity (Wildman–Crippen MR) is 127 cm³/mol. The summed E-state index contributed by atoms with van der Waals surface area (Å²) in [6, 6.07) is 4.11. The summed E-state index contributed by atoms with van der Waals surface area (Å²) < 4.78 is 0. The first-order chi connectivity index (χ1) is 16.5. The molecule has 1 rings (SSSR count). The average molecular weight is 494 g/mol. The van der Waals surface area contributed by atoms with E-state index in [2.05, 4.69) is 16.0 Å². The van der Waals surface area contributed by atoms with Gasteiger partial charge in [0.05, 0.1) is 12.6 Å². The van der Waals surface area contributed by atoms with E-state index in [9.17, 15) is 34.2 Å². The Morgan fingerprint density at radius 3 is 2.06 bits per heavy atom. The van der Waals surface area contributed by atoms with Crippen LogP contribution < -0.4 is 27.4 Å². The van der Waals surface area contributed by atoms with Gasteiger partial charge in [-0.05, 0) is 24.3 Å². The Balaban J connectivity index is 2.85. The fraction of sp³-hybridized carbons (Fsp3) is 0.522. The minimum Gasteiger partial charge on any atom is -0.480 e. The van der Waals surface area contributed by atoms with Crippen LogP contribution in [0.25, 0.3) is 0 Å². The van der Waals surface area contributed by atoms with Crippen molar-refractivity contribution in [2.45, 2.75) is 63.7 Å². The van der Waals surface area contributed by atoms with E-state index in [1.165, 1.54) is 0 Å². The molecule has 5 unspecified atom stereocenters. The molecule has 1 aromatic rings. The summed E-state index contributed by atoms with van der Waals surface area (Å²) in [6.07, 6.45) is 0.202. The number of primary amides is 1. The molecule has 0 aliphatic carbocycles. The maximum absolute atomic E-state index is 12.8. The van der Waals surface area contributed by atoms with Gasteiger partial charge in [0.25, 0.3) is 0 Å². The Morgan fingerprint density at radius 2 is 1.54 bits per heavy atom. The van der Waals surface area contributed by atoms with Crippen molar-refractivity contribution in [3.05, 3.63) is 35.9 Å². The summed E-state index contributed by atoms with van der Waals surface area (Å²) >= 11 is 0. The van der Waals surface area contributed by atoms with Gasteiger partial charge in [0, 0.05) is 6.42 Å². The van der Waals surface area contributed by atoms with Gasteiger partial charge in [0.15, 0.2) is 0 Å². The van der Waals surface area contributed by atoms with Crippen LogP contribution in [0.4, 0.5) is 0 Å². The molecule has 0 spiro atoms. The molecule has 0 saturated heterocycles. The van der Waals surface area contributed by atoms with Crippen LogP contribution in [0.1, 0.15) is 38.7 Å². The highest BCUT2D eigenvalue weighted by molar-refractivity contribution is 5.94. The normalized spacial score (nSPS) is 15.1. The third kappa shape index (κ3) is 10.1. The molecule has 0 aromatic heterocycles. The van der Waals surface area contributed by atoms with Gasteiger partial charge in [0.2, 0.25) is 23.6 Å². The number of rotatable bonds is 15. The Bertz CT molecular complexity index is 880. The number of aliphatic carboxylic acids is 1. The first-order valence-corrected chi connectivity index (χ1v) is 11.3. The van der Waals surface area contributed by atoms with Crippen molar-refractivity contribution in [1.29, 1.82) is 0 Å². The first-order valence-electron chi connectivity index (χ1n) is 11.3. The number of hydrogen-bond donors (Lipinski definition) is 7. The molecule has 12 nitrogen and oxygen atoms in total. The second-order valence-electron chi connectivity index (χ2n) is 8.32. The molecular weight excluding hydrogens is 458 g/mol. The zero-order valence-electron chi connectivity index (χ0n) is 19.9. The van der Waals surface area contributed by atoms with Crippen molar-refractivity contribution >= 4 is 29.6 Å². The Labute approximate surface area is 203 Å². The van der Waals surface area contributed by atoms with Crippen LogP contribution in [-0.2, 0) is 30.4 Å². The molecule has 9 N–H and O–H groups in total. The number of benzene rings is 1. The van der Waals surface area contributed by atoms with Gasteiger partial charge in [-0.3, -0.25) is 19.2 Å². The number of carbonyl (C=O) groups is 5. The lowest BCUT2D eigenvalue weighted by molar-refractivity contribution is -0.143. The molecule has 0 saturated carbocycles. The van der Waals surface area contributed by atoms with Crippen LogP contribution in [0.2, 0.25) is 0 Å². The van der Waals surface area contributed by atoms with Gasteiger partial charge in [0.1, 0.15) is 18.1 Å². The number of carboxylic acids is 1. The van der Waals surface area contributed by atoms with Crippen LogP contribution in [0, 0.1) is 5.92 Å². The van der Waals surface area contributed by atoms with Crippen LogP contribution >= 0.6 is 0 Å². The molecule has 0 heterocycles. The maximum atomic E-state index is 12.8. The zero-order valence-corrected chi connectivity index (χ0v) is 19.9. The standard InChI is InChI=1S/C23H35N5O7/c1-3-13(2)19(22(33)26-16(23(34)35)9-10-18(25)30)28-21(32)17(12-29)27-20(31)15(24)11-14-7-5-4-6-8-14/h4-8,13,15-17,19,29H,3,9-12,24H2,1-2H3,(H2,25,30)(H,26,33)(H,27,31)(H,28,32)(H,34,35). The van der Waals surface area contributed by atoms with E-state index in [1.807, 2.05) is 6.07 Å². The molecule has 35 heavy (non-hydrogen) atoms. The predicted octanol–water partition coefficient (Wildman–Crippen LogP) is -1.60. The number of nitrogens with one attached hydrogen (secondary N) is 3. The minimum absolute atomic E-state index is 0.215. The van der Waals surface area contributed by atoms with E-state index >= 15 is 0 Å². The Kier molecular flexibility index (Phi) is 12.4. The highest BCUT2D eigenvalue weighted by Crippen LogP contribution is 2.10. The average Bonchev–Trinajstić information content (AvgIpc) is 2.82. The number of carboxylic acid groups (broad SMARTS) is 1. The van der Waals surface area contributed by atoms with Crippen LogP contribution in [0.15, 0.2) is 30.3 Å². The summed E-state index contributed by atoms with van der Waals surface area (Å²) in [5, 5.41) is 26.1. The van der Waals surface area contributed by atoms with Gasteiger partial charge >= 0.3 is 5.97 Å². The first kappa shape index (κ1) is 29.5. The summed E-state index contributed by atoms with van der Waals surface area (Å²) in [4.78, 5) is 60.5. The van der Waals surface area contributed by atoms with Crippen molar-refractivity contribution in [3.8, 4) is 0 Å². The molecule has 0 aliphatic heterocycles. The van der Waals surface area contributed by atoms with Crippen molar-refractivity contribution in [2.24, 2.45) is 17.4 Å². The van der Waals surface area contributed by atoms with Crippen molar-refractivity contribution in [2.75, 3.05) is 6.61 Å². The number of hydrogen-bond acceptors (Lipinski definition) is 7. The highest BCUT2D eigenvalue weighted by atomic mass is 16.4. The van der Waals surface area contributed by atoms with E-state index in [1.54, 1.807) is 38.1 Å². The Hall–Kier alpha value is -3.51. The van der Waals surface area contributed by atoms with Crippen LogP contribution in [0.5, 0.6) is 0 Å². The van der Waals surface area contributed by atoms with Gasteiger partial charge in [-0.25, -0.2) is 4.79 Å². The molecule has 4 amide bonds. The summed E-state index contributed by atoms with van der Waals surface area (Å²) in [6.45, 7) is 2.69. The van der Waals surface area contributed by atoms with Gasteiger partial charge in [-0.15, -0.1) is 0 Å². The van der Waals surface area contributed by atoms with Gasteiger partial charge < -0.3 is 37.6 Å². The van der Waals surface area contributed by atoms with E-state index in [-0.39, 0.29) is 19.3 Å². The lowest BCUT2D eigenvalue weighted by Crippen LogP contribution is -2.59. The van der Waals surface area contributed by atoms with E-state index in [4.69, 9.17) is 11.5 Å². The number of nitrogens with two attached hydrogens (primary N) is 2. The summed E-state index contributed by atoms with van der Waals surface area (Å²) in [5.41, 5.74) is 11.8. The smallest absolute Gasteiger partial charge is 0.326 e. The van der Waals surface area contributed by atoms with Crippen molar-refractivity contribution in [3.63, 3.8) is 0 Å². The monoisotopic (exact) mass is 493 g/mol. The fourth-order valence-corrected chi connectivity index (χ4v) is 3.19. The summed E-state index contributed by atoms with van der Waals surface area (Å²) in [7, 11) is 0. The highest BCUT2D eigenvalue weighted by Gasteiger charge is 2.32. The molecule has 0 bridgehead atoms. The second kappa shape index (κ2) is 14.7. The summed E-state index contributed by atoms with van der Waals surface area (Å²) in [5.74, 6) is -4.78. The van der Waals surface area contributed by atoms with E-state index in [0.29, 0.717) is 6.42 Å². The van der Waals surface area contributed by atoms with E-state index in [0.717, 1.165) is 5.56 Å².